The molecule has 1 aliphatic carbocycles. The molecule has 19 heavy (non-hydrogen) atoms. The van der Waals surface area contributed by atoms with Crippen LogP contribution in [-0.4, -0.2) is 48.7 Å². The molecule has 1 unspecified atom stereocenters. The molecular weight excluding hydrogens is 240 g/mol. The maximum atomic E-state index is 11.8. The number of likely N-dealkylation sites (tertiary alicyclic amines) is 1. The molecule has 0 spiro atoms. The van der Waals surface area contributed by atoms with E-state index in [1.54, 1.807) is 0 Å². The van der Waals surface area contributed by atoms with E-state index in [0.29, 0.717) is 12.6 Å². The Hall–Kier alpha value is -0.610. The van der Waals surface area contributed by atoms with Gasteiger partial charge in [0.1, 0.15) is 5.60 Å². The van der Waals surface area contributed by atoms with Crippen LogP contribution in [0.5, 0.6) is 0 Å². The standard InChI is InChI=1S/C15H28N2O2/c1-15(2,3)19-14(18)11-17-8-4-5-13(10-17)16-9-12-6-7-12/h12-13,16H,4-11H2,1-3H3. The van der Waals surface area contributed by atoms with Gasteiger partial charge in [-0.25, -0.2) is 0 Å². The summed E-state index contributed by atoms with van der Waals surface area (Å²) in [5.41, 5.74) is -0.378. The second-order valence-electron chi connectivity index (χ2n) is 7.01. The van der Waals surface area contributed by atoms with Gasteiger partial charge < -0.3 is 10.1 Å². The fourth-order valence-corrected chi connectivity index (χ4v) is 2.58. The molecule has 0 amide bonds. The molecule has 2 fully saturated rings. The summed E-state index contributed by atoms with van der Waals surface area (Å²) in [5, 5.41) is 3.64. The Morgan fingerprint density at radius 1 is 1.32 bits per heavy atom. The van der Waals surface area contributed by atoms with E-state index in [1.807, 2.05) is 20.8 Å². The monoisotopic (exact) mass is 268 g/mol. The molecule has 4 heteroatoms. The zero-order chi connectivity index (χ0) is 13.9. The predicted molar refractivity (Wildman–Crippen MR) is 76.0 cm³/mol. The summed E-state index contributed by atoms with van der Waals surface area (Å²) in [4.78, 5) is 14.0. The van der Waals surface area contributed by atoms with Gasteiger partial charge in [-0.3, -0.25) is 9.69 Å². The molecule has 4 nitrogen and oxygen atoms in total. The van der Waals surface area contributed by atoms with Crippen LogP contribution in [0.1, 0.15) is 46.5 Å². The molecule has 1 N–H and O–H groups in total. The zero-order valence-electron chi connectivity index (χ0n) is 12.6. The molecule has 1 aliphatic heterocycles. The van der Waals surface area contributed by atoms with Crippen molar-refractivity contribution in [1.29, 1.82) is 0 Å². The molecular formula is C15H28N2O2. The molecule has 1 saturated carbocycles. The smallest absolute Gasteiger partial charge is 0.320 e. The molecule has 1 saturated heterocycles. The van der Waals surface area contributed by atoms with Crippen LogP contribution in [0, 0.1) is 5.92 Å². The minimum absolute atomic E-state index is 0.102. The first-order chi connectivity index (χ1) is 8.92. The average Bonchev–Trinajstić information content (AvgIpc) is 3.07. The summed E-state index contributed by atoms with van der Waals surface area (Å²) in [6, 6.07) is 0.553. The third kappa shape index (κ3) is 5.91. The third-order valence-electron chi connectivity index (χ3n) is 3.67. The summed E-state index contributed by atoms with van der Waals surface area (Å²) < 4.78 is 5.38. The lowest BCUT2D eigenvalue weighted by molar-refractivity contribution is -0.156. The topological polar surface area (TPSA) is 41.6 Å². The van der Waals surface area contributed by atoms with Crippen LogP contribution < -0.4 is 5.32 Å². The fraction of sp³-hybridized carbons (Fsp3) is 0.933. The highest BCUT2D eigenvalue weighted by molar-refractivity contribution is 5.72. The quantitative estimate of drug-likeness (QED) is 0.772. The van der Waals surface area contributed by atoms with Crippen LogP contribution in [0.15, 0.2) is 0 Å². The Bertz CT molecular complexity index is 308. The van der Waals surface area contributed by atoms with E-state index in [-0.39, 0.29) is 11.6 Å². The molecule has 1 heterocycles. The molecule has 2 aliphatic rings. The van der Waals surface area contributed by atoms with Crippen molar-refractivity contribution in [3.05, 3.63) is 0 Å². The normalized spacial score (nSPS) is 25.3. The number of piperidine rings is 1. The first-order valence-electron chi connectivity index (χ1n) is 7.60. The van der Waals surface area contributed by atoms with Gasteiger partial charge in [0.15, 0.2) is 0 Å². The summed E-state index contributed by atoms with van der Waals surface area (Å²) >= 11 is 0. The zero-order valence-corrected chi connectivity index (χ0v) is 12.6. The van der Waals surface area contributed by atoms with Gasteiger partial charge in [-0.05, 0) is 65.5 Å². The molecule has 0 aromatic carbocycles. The molecule has 1 atom stereocenters. The van der Waals surface area contributed by atoms with E-state index in [0.717, 1.165) is 25.6 Å². The van der Waals surface area contributed by atoms with Gasteiger partial charge in [0.05, 0.1) is 6.54 Å². The van der Waals surface area contributed by atoms with E-state index in [1.165, 1.54) is 25.7 Å². The average molecular weight is 268 g/mol. The van der Waals surface area contributed by atoms with Crippen LogP contribution in [-0.2, 0) is 9.53 Å². The van der Waals surface area contributed by atoms with Gasteiger partial charge in [0, 0.05) is 12.6 Å². The molecule has 110 valence electrons. The third-order valence-corrected chi connectivity index (χ3v) is 3.67. The Morgan fingerprint density at radius 3 is 2.68 bits per heavy atom. The number of carbonyl (C=O) groups excluding carboxylic acids is 1. The van der Waals surface area contributed by atoms with Gasteiger partial charge in [-0.2, -0.15) is 0 Å². The van der Waals surface area contributed by atoms with Crippen molar-refractivity contribution in [1.82, 2.24) is 10.2 Å². The highest BCUT2D eigenvalue weighted by atomic mass is 16.6. The van der Waals surface area contributed by atoms with Gasteiger partial charge >= 0.3 is 5.97 Å². The van der Waals surface area contributed by atoms with Gasteiger partial charge in [0.2, 0.25) is 0 Å². The lowest BCUT2D eigenvalue weighted by atomic mass is 10.1. The van der Waals surface area contributed by atoms with Crippen molar-refractivity contribution in [2.75, 3.05) is 26.2 Å². The minimum atomic E-state index is -0.378. The summed E-state index contributed by atoms with van der Waals surface area (Å²) in [7, 11) is 0. The van der Waals surface area contributed by atoms with E-state index >= 15 is 0 Å². The fourth-order valence-electron chi connectivity index (χ4n) is 2.58. The number of hydrogen-bond donors (Lipinski definition) is 1. The first kappa shape index (κ1) is 14.8. The van der Waals surface area contributed by atoms with Crippen LogP contribution >= 0.6 is 0 Å². The Kier molecular flexibility index (Phi) is 4.85. The minimum Gasteiger partial charge on any atom is -0.459 e. The van der Waals surface area contributed by atoms with Crippen molar-refractivity contribution in [2.45, 2.75) is 58.1 Å². The van der Waals surface area contributed by atoms with E-state index in [4.69, 9.17) is 4.74 Å². The largest absolute Gasteiger partial charge is 0.459 e. The SMILES string of the molecule is CC(C)(C)OC(=O)CN1CCCC(NCC2CC2)C1. The van der Waals surface area contributed by atoms with Crippen LogP contribution in [0.25, 0.3) is 0 Å². The number of nitrogens with one attached hydrogen (secondary N) is 1. The van der Waals surface area contributed by atoms with Crippen LogP contribution in [0.3, 0.4) is 0 Å². The number of nitrogens with zero attached hydrogens (tertiary/aromatic N) is 1. The van der Waals surface area contributed by atoms with Gasteiger partial charge in [-0.15, -0.1) is 0 Å². The maximum absolute atomic E-state index is 11.8. The van der Waals surface area contributed by atoms with Crippen molar-refractivity contribution < 1.29 is 9.53 Å². The van der Waals surface area contributed by atoms with E-state index in [2.05, 4.69) is 10.2 Å². The van der Waals surface area contributed by atoms with E-state index < -0.39 is 0 Å². The highest BCUT2D eigenvalue weighted by Crippen LogP contribution is 2.28. The highest BCUT2D eigenvalue weighted by Gasteiger charge is 2.26. The molecule has 2 rings (SSSR count). The van der Waals surface area contributed by atoms with Gasteiger partial charge in [0.25, 0.3) is 0 Å². The Morgan fingerprint density at radius 2 is 2.05 bits per heavy atom. The summed E-state index contributed by atoms with van der Waals surface area (Å²) in [6.07, 6.45) is 5.19. The Labute approximate surface area is 116 Å². The molecule has 0 aromatic rings. The number of esters is 1. The van der Waals surface area contributed by atoms with Crippen LogP contribution in [0.2, 0.25) is 0 Å². The lowest BCUT2D eigenvalue weighted by Gasteiger charge is -2.33. The number of hydrogen-bond acceptors (Lipinski definition) is 4. The van der Waals surface area contributed by atoms with Gasteiger partial charge in [-0.1, -0.05) is 0 Å². The lowest BCUT2D eigenvalue weighted by Crippen LogP contribution is -2.48. The summed E-state index contributed by atoms with van der Waals surface area (Å²) in [6.45, 7) is 9.33. The second-order valence-corrected chi connectivity index (χ2v) is 7.01. The van der Waals surface area contributed by atoms with Crippen molar-refractivity contribution >= 4 is 5.97 Å². The number of rotatable bonds is 5. The predicted octanol–water partition coefficient (Wildman–Crippen LogP) is 1.79. The number of ether oxygens (including phenoxy) is 1. The molecule has 0 radical (unpaired) electrons. The van der Waals surface area contributed by atoms with Crippen LogP contribution in [0.4, 0.5) is 0 Å². The number of carbonyl (C=O) groups is 1. The van der Waals surface area contributed by atoms with Crippen molar-refractivity contribution in [3.8, 4) is 0 Å². The van der Waals surface area contributed by atoms with E-state index in [9.17, 15) is 4.79 Å². The Balaban J connectivity index is 1.69. The molecule has 0 bridgehead atoms. The van der Waals surface area contributed by atoms with Crippen molar-refractivity contribution in [3.63, 3.8) is 0 Å². The first-order valence-corrected chi connectivity index (χ1v) is 7.60. The summed E-state index contributed by atoms with van der Waals surface area (Å²) in [5.74, 6) is 0.816. The maximum Gasteiger partial charge on any atom is 0.320 e. The molecule has 0 aromatic heterocycles. The van der Waals surface area contributed by atoms with Crippen molar-refractivity contribution in [2.24, 2.45) is 5.92 Å². The second kappa shape index (κ2) is 6.23.